The molecular weight excluding hydrogens is 430 g/mol. The zero-order valence-corrected chi connectivity index (χ0v) is 17.0. The van der Waals surface area contributed by atoms with Crippen LogP contribution in [0.5, 0.6) is 0 Å². The predicted octanol–water partition coefficient (Wildman–Crippen LogP) is 3.26. The van der Waals surface area contributed by atoms with E-state index in [1.807, 2.05) is 23.6 Å². The van der Waals surface area contributed by atoms with Crippen LogP contribution < -0.4 is 10.6 Å². The average molecular weight is 450 g/mol. The third kappa shape index (κ3) is 5.17. The second kappa shape index (κ2) is 9.14. The number of rotatable bonds is 6. The number of carbonyl (C=O) groups is 3. The number of nitrogens with one attached hydrogen (secondary N) is 2. The van der Waals surface area contributed by atoms with E-state index in [1.165, 1.54) is 11.3 Å². The van der Waals surface area contributed by atoms with Gasteiger partial charge in [0.15, 0.2) is 0 Å². The molecule has 6 nitrogen and oxygen atoms in total. The van der Waals surface area contributed by atoms with Crippen LogP contribution in [0.25, 0.3) is 0 Å². The van der Waals surface area contributed by atoms with Crippen molar-refractivity contribution in [3.63, 3.8) is 0 Å². The van der Waals surface area contributed by atoms with Crippen LogP contribution in [0, 0.1) is 0 Å². The number of hydrogen-bond acceptors (Lipinski definition) is 4. The first-order valence-corrected chi connectivity index (χ1v) is 10.4. The highest BCUT2D eigenvalue weighted by atomic mass is 79.9. The van der Waals surface area contributed by atoms with Gasteiger partial charge in [-0.25, -0.2) is 0 Å². The van der Waals surface area contributed by atoms with Crippen molar-refractivity contribution in [3.05, 3.63) is 51.1 Å². The van der Waals surface area contributed by atoms with Gasteiger partial charge in [-0.2, -0.15) is 0 Å². The summed E-state index contributed by atoms with van der Waals surface area (Å²) in [6, 6.07) is 10.4. The fourth-order valence-corrected chi connectivity index (χ4v) is 3.94. The highest BCUT2D eigenvalue weighted by Gasteiger charge is 2.34. The topological polar surface area (TPSA) is 78.5 Å². The molecule has 0 radical (unpaired) electrons. The van der Waals surface area contributed by atoms with Crippen LogP contribution in [0.15, 0.2) is 46.3 Å². The van der Waals surface area contributed by atoms with E-state index >= 15 is 0 Å². The van der Waals surface area contributed by atoms with Gasteiger partial charge in [0.05, 0.1) is 4.88 Å². The van der Waals surface area contributed by atoms with Gasteiger partial charge in [0.2, 0.25) is 11.8 Å². The molecule has 0 spiro atoms. The van der Waals surface area contributed by atoms with Gasteiger partial charge in [-0.05, 0) is 48.6 Å². The van der Waals surface area contributed by atoms with E-state index in [-0.39, 0.29) is 30.7 Å². The molecule has 1 aliphatic heterocycles. The quantitative estimate of drug-likeness (QED) is 0.709. The summed E-state index contributed by atoms with van der Waals surface area (Å²) in [5, 5.41) is 7.42. The lowest BCUT2D eigenvalue weighted by molar-refractivity contribution is -0.125. The lowest BCUT2D eigenvalue weighted by Gasteiger charge is -2.23. The third-order valence-corrected chi connectivity index (χ3v) is 5.71. The van der Waals surface area contributed by atoms with Gasteiger partial charge in [0.25, 0.3) is 5.91 Å². The molecule has 2 heterocycles. The maximum atomic E-state index is 12.5. The summed E-state index contributed by atoms with van der Waals surface area (Å²) >= 11 is 4.72. The monoisotopic (exact) mass is 449 g/mol. The molecule has 1 saturated heterocycles. The van der Waals surface area contributed by atoms with Crippen molar-refractivity contribution in [3.8, 4) is 0 Å². The van der Waals surface area contributed by atoms with E-state index in [2.05, 4.69) is 26.6 Å². The molecule has 1 fully saturated rings. The summed E-state index contributed by atoms with van der Waals surface area (Å²) in [5.41, 5.74) is 0.707. The molecule has 2 N–H and O–H groups in total. The van der Waals surface area contributed by atoms with Gasteiger partial charge >= 0.3 is 0 Å². The lowest BCUT2D eigenvalue weighted by Crippen LogP contribution is -2.46. The molecule has 27 heavy (non-hydrogen) atoms. The molecule has 1 aliphatic rings. The van der Waals surface area contributed by atoms with Crippen LogP contribution in [0.3, 0.4) is 0 Å². The Kier molecular flexibility index (Phi) is 6.63. The summed E-state index contributed by atoms with van der Waals surface area (Å²) in [4.78, 5) is 39.3. The minimum absolute atomic E-state index is 0.101. The number of hydrogen-bond donors (Lipinski definition) is 2. The van der Waals surface area contributed by atoms with Gasteiger partial charge < -0.3 is 15.5 Å². The van der Waals surface area contributed by atoms with E-state index in [0.29, 0.717) is 23.5 Å². The molecule has 3 rings (SSSR count). The summed E-state index contributed by atoms with van der Waals surface area (Å²) in [5.74, 6) is -0.472. The van der Waals surface area contributed by atoms with E-state index in [4.69, 9.17) is 0 Å². The molecule has 1 aromatic carbocycles. The Morgan fingerprint density at radius 1 is 1.19 bits per heavy atom. The Morgan fingerprint density at radius 3 is 2.67 bits per heavy atom. The number of amides is 3. The molecule has 0 bridgehead atoms. The molecule has 1 aromatic heterocycles. The second-order valence-electron chi connectivity index (χ2n) is 6.23. The zero-order chi connectivity index (χ0) is 19.2. The fourth-order valence-electron chi connectivity index (χ4n) is 3.00. The Morgan fingerprint density at radius 2 is 1.96 bits per heavy atom. The minimum atomic E-state index is -0.464. The van der Waals surface area contributed by atoms with Gasteiger partial charge in [-0.3, -0.25) is 14.4 Å². The van der Waals surface area contributed by atoms with Crippen LogP contribution in [0.1, 0.15) is 28.9 Å². The van der Waals surface area contributed by atoms with Crippen LogP contribution in [0.2, 0.25) is 0 Å². The summed E-state index contributed by atoms with van der Waals surface area (Å²) in [6.45, 7) is 0.817. The standard InChI is InChI=1S/C19H20BrN3O3S/c20-13-5-7-14(8-6-13)22-17(24)9-10-21-18(25)15-3-1-11-23(15)19(26)16-4-2-12-27-16/h2,4-8,12,15H,1,3,9-11H2,(H,21,25)(H,22,24)/t15-/m0/s1. The summed E-state index contributed by atoms with van der Waals surface area (Å²) < 4.78 is 0.936. The first-order chi connectivity index (χ1) is 13.0. The predicted molar refractivity (Wildman–Crippen MR) is 109 cm³/mol. The Bertz CT molecular complexity index is 808. The summed E-state index contributed by atoms with van der Waals surface area (Å²) in [6.07, 6.45) is 1.63. The van der Waals surface area contributed by atoms with Crippen molar-refractivity contribution in [1.82, 2.24) is 10.2 Å². The largest absolute Gasteiger partial charge is 0.354 e. The van der Waals surface area contributed by atoms with E-state index in [9.17, 15) is 14.4 Å². The second-order valence-corrected chi connectivity index (χ2v) is 8.09. The number of halogens is 1. The molecule has 3 amide bonds. The van der Waals surface area contributed by atoms with Gasteiger partial charge in [0.1, 0.15) is 6.04 Å². The van der Waals surface area contributed by atoms with Crippen molar-refractivity contribution in [2.45, 2.75) is 25.3 Å². The highest BCUT2D eigenvalue weighted by Crippen LogP contribution is 2.22. The van der Waals surface area contributed by atoms with Gasteiger partial charge in [0, 0.05) is 29.7 Å². The fraction of sp³-hybridized carbons (Fsp3) is 0.316. The molecule has 142 valence electrons. The number of nitrogens with zero attached hydrogens (tertiary/aromatic N) is 1. The highest BCUT2D eigenvalue weighted by molar-refractivity contribution is 9.10. The first kappa shape index (κ1) is 19.6. The zero-order valence-electron chi connectivity index (χ0n) is 14.6. The van der Waals surface area contributed by atoms with E-state index < -0.39 is 6.04 Å². The number of carbonyl (C=O) groups excluding carboxylic acids is 3. The van der Waals surface area contributed by atoms with Crippen molar-refractivity contribution in [2.24, 2.45) is 0 Å². The van der Waals surface area contributed by atoms with Crippen molar-refractivity contribution < 1.29 is 14.4 Å². The summed E-state index contributed by atoms with van der Waals surface area (Å²) in [7, 11) is 0. The number of anilines is 1. The Labute approximate surface area is 170 Å². The SMILES string of the molecule is O=C(CCNC(=O)[C@@H]1CCCN1C(=O)c1cccs1)Nc1ccc(Br)cc1. The smallest absolute Gasteiger partial charge is 0.264 e. The van der Waals surface area contributed by atoms with Crippen molar-refractivity contribution in [1.29, 1.82) is 0 Å². The van der Waals surface area contributed by atoms with Crippen LogP contribution in [0.4, 0.5) is 5.69 Å². The minimum Gasteiger partial charge on any atom is -0.354 e. The molecule has 8 heteroatoms. The number of thiophene rings is 1. The van der Waals surface area contributed by atoms with Crippen molar-refractivity contribution in [2.75, 3.05) is 18.4 Å². The molecule has 2 aromatic rings. The maximum Gasteiger partial charge on any atom is 0.264 e. The van der Waals surface area contributed by atoms with Crippen LogP contribution >= 0.6 is 27.3 Å². The average Bonchev–Trinajstić information content (AvgIpc) is 3.35. The molecule has 0 aliphatic carbocycles. The molecule has 1 atom stereocenters. The van der Waals surface area contributed by atoms with Crippen LogP contribution in [-0.2, 0) is 9.59 Å². The van der Waals surface area contributed by atoms with Gasteiger partial charge in [-0.1, -0.05) is 22.0 Å². The Balaban J connectivity index is 1.46. The van der Waals surface area contributed by atoms with E-state index in [1.54, 1.807) is 23.1 Å². The Hall–Kier alpha value is -2.19. The molecular formula is C19H20BrN3O3S. The van der Waals surface area contributed by atoms with Crippen LogP contribution in [-0.4, -0.2) is 41.8 Å². The van der Waals surface area contributed by atoms with Gasteiger partial charge in [-0.15, -0.1) is 11.3 Å². The normalized spacial score (nSPS) is 16.2. The third-order valence-electron chi connectivity index (χ3n) is 4.33. The number of benzene rings is 1. The first-order valence-electron chi connectivity index (χ1n) is 8.72. The maximum absolute atomic E-state index is 12.5. The molecule has 0 saturated carbocycles. The molecule has 0 unspecified atom stereocenters. The number of likely N-dealkylation sites (tertiary alicyclic amines) is 1. The van der Waals surface area contributed by atoms with E-state index in [0.717, 1.165) is 10.9 Å². The lowest BCUT2D eigenvalue weighted by atomic mass is 10.2. The van der Waals surface area contributed by atoms with Crippen molar-refractivity contribution >= 4 is 50.7 Å².